The van der Waals surface area contributed by atoms with Crippen LogP contribution in [0.2, 0.25) is 0 Å². The van der Waals surface area contributed by atoms with Gasteiger partial charge in [-0.15, -0.1) is 0 Å². The molecule has 0 amide bonds. The van der Waals surface area contributed by atoms with Crippen molar-refractivity contribution < 1.29 is 15.0 Å². The Morgan fingerprint density at radius 2 is 1.82 bits per heavy atom. The van der Waals surface area contributed by atoms with Crippen molar-refractivity contribution in [2.75, 3.05) is 0 Å². The number of hydrogen-bond donors (Lipinski definition) is 2. The molecule has 3 saturated carbocycles. The van der Waals surface area contributed by atoms with E-state index in [1.807, 2.05) is 6.08 Å². The van der Waals surface area contributed by atoms with Gasteiger partial charge in [-0.2, -0.15) is 0 Å². The highest BCUT2D eigenvalue weighted by molar-refractivity contribution is 5.91. The quantitative estimate of drug-likeness (QED) is 0.723. The van der Waals surface area contributed by atoms with E-state index in [4.69, 9.17) is 0 Å². The van der Waals surface area contributed by atoms with E-state index in [1.54, 1.807) is 0 Å². The van der Waals surface area contributed by atoms with Gasteiger partial charge in [0, 0.05) is 11.8 Å². The average Bonchev–Trinajstić information content (AvgIpc) is 2.79. The first kappa shape index (κ1) is 14.9. The van der Waals surface area contributed by atoms with Crippen molar-refractivity contribution in [2.24, 2.45) is 28.6 Å². The Morgan fingerprint density at radius 1 is 1.05 bits per heavy atom. The van der Waals surface area contributed by atoms with Crippen molar-refractivity contribution in [1.82, 2.24) is 0 Å². The second kappa shape index (κ2) is 4.67. The van der Waals surface area contributed by atoms with Crippen LogP contribution >= 0.6 is 0 Å². The molecule has 3 nitrogen and oxygen atoms in total. The van der Waals surface area contributed by atoms with Crippen molar-refractivity contribution in [3.8, 4) is 0 Å². The minimum atomic E-state index is -0.412. The predicted octanol–water partition coefficient (Wildman–Crippen LogP) is 2.85. The highest BCUT2D eigenvalue weighted by Gasteiger charge is 2.62. The van der Waals surface area contributed by atoms with Crippen LogP contribution in [0.15, 0.2) is 11.6 Å². The Kier molecular flexibility index (Phi) is 3.16. The lowest BCUT2D eigenvalue weighted by Crippen LogP contribution is -2.57. The van der Waals surface area contributed by atoms with Crippen LogP contribution < -0.4 is 0 Å². The molecule has 3 heteroatoms. The molecule has 2 N–H and O–H groups in total. The number of carbonyl (C=O) groups is 1. The molecule has 0 aromatic rings. The van der Waals surface area contributed by atoms with Crippen molar-refractivity contribution in [3.05, 3.63) is 11.6 Å². The van der Waals surface area contributed by atoms with Gasteiger partial charge in [0.1, 0.15) is 0 Å². The minimum absolute atomic E-state index is 0.0900. The fraction of sp³-hybridized carbons (Fsp3) is 0.842. The van der Waals surface area contributed by atoms with Crippen LogP contribution in [0.1, 0.15) is 58.8 Å². The van der Waals surface area contributed by atoms with Gasteiger partial charge in [-0.1, -0.05) is 19.4 Å². The number of aliphatic hydroxyl groups excluding tert-OH is 2. The molecule has 4 rings (SSSR count). The summed E-state index contributed by atoms with van der Waals surface area (Å²) < 4.78 is 0. The second-order valence-electron chi connectivity index (χ2n) is 8.68. The Bertz CT molecular complexity index is 539. The molecule has 0 heterocycles. The number of rotatable bonds is 0. The summed E-state index contributed by atoms with van der Waals surface area (Å²) >= 11 is 0. The van der Waals surface area contributed by atoms with Crippen LogP contribution in [-0.2, 0) is 4.79 Å². The molecule has 22 heavy (non-hydrogen) atoms. The Hall–Kier alpha value is -0.670. The fourth-order valence-electron chi connectivity index (χ4n) is 6.51. The van der Waals surface area contributed by atoms with Crippen molar-refractivity contribution in [1.29, 1.82) is 0 Å². The van der Waals surface area contributed by atoms with Gasteiger partial charge < -0.3 is 10.2 Å². The first-order valence-corrected chi connectivity index (χ1v) is 8.97. The summed E-state index contributed by atoms with van der Waals surface area (Å²) in [5.74, 6) is 1.79. The highest BCUT2D eigenvalue weighted by Crippen LogP contribution is 2.65. The maximum atomic E-state index is 11.8. The van der Waals surface area contributed by atoms with E-state index in [2.05, 4.69) is 13.8 Å². The number of allylic oxidation sites excluding steroid dienone is 1. The van der Waals surface area contributed by atoms with Gasteiger partial charge in [0.05, 0.1) is 12.2 Å². The molecule has 0 saturated heterocycles. The standard InChI is InChI=1S/C19H28O3/c1-18-8-7-12(20)9-11(18)3-4-13-14-5-6-16(21)19(14,2)17(22)10-15(13)18/h9,13-17,21-22H,3-8,10H2,1-2H3. The lowest BCUT2D eigenvalue weighted by Gasteiger charge is -2.59. The largest absolute Gasteiger partial charge is 0.392 e. The number of fused-ring (bicyclic) bond motifs is 5. The van der Waals surface area contributed by atoms with Gasteiger partial charge >= 0.3 is 0 Å². The molecule has 3 fully saturated rings. The van der Waals surface area contributed by atoms with Gasteiger partial charge in [0.2, 0.25) is 0 Å². The second-order valence-corrected chi connectivity index (χ2v) is 8.68. The zero-order valence-electron chi connectivity index (χ0n) is 13.7. The summed E-state index contributed by atoms with van der Waals surface area (Å²) in [6.45, 7) is 4.43. The molecule has 0 aliphatic heterocycles. The molecule has 4 aliphatic rings. The third-order valence-corrected chi connectivity index (χ3v) is 8.02. The molecule has 122 valence electrons. The summed E-state index contributed by atoms with van der Waals surface area (Å²) in [7, 11) is 0. The zero-order valence-corrected chi connectivity index (χ0v) is 13.7. The summed E-state index contributed by atoms with van der Waals surface area (Å²) in [5, 5.41) is 21.3. The SMILES string of the molecule is CC12CCC(=O)C=C1CCC1C2CC(O)C2(C)C(O)CCC12. The summed E-state index contributed by atoms with van der Waals surface area (Å²) in [6.07, 6.45) is 7.56. The van der Waals surface area contributed by atoms with E-state index in [-0.39, 0.29) is 22.7 Å². The first-order chi connectivity index (χ1) is 10.4. The molecule has 0 aromatic heterocycles. The molecule has 0 spiro atoms. The van der Waals surface area contributed by atoms with Gasteiger partial charge in [-0.25, -0.2) is 0 Å². The maximum absolute atomic E-state index is 11.8. The van der Waals surface area contributed by atoms with Gasteiger partial charge in [-0.3, -0.25) is 4.79 Å². The Balaban J connectivity index is 1.73. The number of aliphatic hydroxyl groups is 2. The summed E-state index contributed by atoms with van der Waals surface area (Å²) in [5.41, 5.74) is 1.11. The summed E-state index contributed by atoms with van der Waals surface area (Å²) in [6, 6.07) is 0. The predicted molar refractivity (Wildman–Crippen MR) is 84.1 cm³/mol. The molecular formula is C19H28O3. The van der Waals surface area contributed by atoms with Crippen LogP contribution in [0, 0.1) is 28.6 Å². The Morgan fingerprint density at radius 3 is 2.59 bits per heavy atom. The number of carbonyl (C=O) groups excluding carboxylic acids is 1. The monoisotopic (exact) mass is 304 g/mol. The Labute approximate surface area is 132 Å². The van der Waals surface area contributed by atoms with Gasteiger partial charge in [-0.05, 0) is 67.8 Å². The van der Waals surface area contributed by atoms with Crippen LogP contribution in [0.5, 0.6) is 0 Å². The van der Waals surface area contributed by atoms with E-state index in [9.17, 15) is 15.0 Å². The van der Waals surface area contributed by atoms with Crippen LogP contribution in [0.4, 0.5) is 0 Å². The van der Waals surface area contributed by atoms with Gasteiger partial charge in [0.15, 0.2) is 5.78 Å². The van der Waals surface area contributed by atoms with E-state index >= 15 is 0 Å². The highest BCUT2D eigenvalue weighted by atomic mass is 16.3. The molecule has 7 unspecified atom stereocenters. The van der Waals surface area contributed by atoms with Gasteiger partial charge in [0.25, 0.3) is 0 Å². The smallest absolute Gasteiger partial charge is 0.155 e. The zero-order chi connectivity index (χ0) is 15.7. The van der Waals surface area contributed by atoms with Crippen molar-refractivity contribution in [3.63, 3.8) is 0 Å². The molecular weight excluding hydrogens is 276 g/mol. The molecule has 7 atom stereocenters. The van der Waals surface area contributed by atoms with E-state index in [0.29, 0.717) is 24.2 Å². The lowest BCUT2D eigenvalue weighted by atomic mass is 9.46. The molecule has 0 bridgehead atoms. The average molecular weight is 304 g/mol. The van der Waals surface area contributed by atoms with E-state index in [1.165, 1.54) is 5.57 Å². The number of ketones is 1. The fourth-order valence-corrected chi connectivity index (χ4v) is 6.51. The maximum Gasteiger partial charge on any atom is 0.155 e. The first-order valence-electron chi connectivity index (χ1n) is 8.97. The van der Waals surface area contributed by atoms with Crippen LogP contribution in [0.25, 0.3) is 0 Å². The molecule has 4 aliphatic carbocycles. The lowest BCUT2D eigenvalue weighted by molar-refractivity contribution is -0.150. The topological polar surface area (TPSA) is 57.5 Å². The normalized spacial score (nSPS) is 54.3. The van der Waals surface area contributed by atoms with Crippen molar-refractivity contribution in [2.45, 2.75) is 71.0 Å². The number of hydrogen-bond acceptors (Lipinski definition) is 3. The third-order valence-electron chi connectivity index (χ3n) is 8.02. The molecule has 0 radical (unpaired) electrons. The summed E-state index contributed by atoms with van der Waals surface area (Å²) in [4.78, 5) is 11.8. The minimum Gasteiger partial charge on any atom is -0.392 e. The molecule has 0 aromatic carbocycles. The van der Waals surface area contributed by atoms with E-state index < -0.39 is 6.10 Å². The van der Waals surface area contributed by atoms with Crippen molar-refractivity contribution >= 4 is 5.78 Å². The van der Waals surface area contributed by atoms with Crippen LogP contribution in [-0.4, -0.2) is 28.2 Å². The van der Waals surface area contributed by atoms with Crippen LogP contribution in [0.3, 0.4) is 0 Å². The third kappa shape index (κ3) is 1.73. The van der Waals surface area contributed by atoms with E-state index in [0.717, 1.165) is 38.5 Å².